The van der Waals surface area contributed by atoms with E-state index in [0.29, 0.717) is 11.8 Å². The van der Waals surface area contributed by atoms with Gasteiger partial charge in [-0.1, -0.05) is 76.8 Å². The van der Waals surface area contributed by atoms with Gasteiger partial charge in [0.25, 0.3) is 0 Å². The number of rotatable bonds is 6. The van der Waals surface area contributed by atoms with Crippen LogP contribution in [0.1, 0.15) is 81.5 Å². The molecule has 3 heteroatoms. The van der Waals surface area contributed by atoms with Gasteiger partial charge >= 0.3 is 37.9 Å². The third-order valence-corrected chi connectivity index (χ3v) is 5.58. The average Bonchev–Trinajstić information content (AvgIpc) is 3.09. The number of fused-ring (bicyclic) bond motifs is 1. The standard InChI is InChI=1S/C26H33.2ClH.Zr/c1-7-8-9-20-12-21-11-10-19(6)26(25(21)13-20)24-15-22(17(2)3)14-23(16-24)18(4)5;;;/h10-18H,7-9H2,1-6H3;2*1H;/q-1;;;+2/p-2. The molecule has 0 aromatic heterocycles. The summed E-state index contributed by atoms with van der Waals surface area (Å²) in [6.45, 7) is 13.7. The molecule has 0 aliphatic rings. The van der Waals surface area contributed by atoms with E-state index in [-0.39, 0.29) is 0 Å². The zero-order chi connectivity index (χ0) is 21.6. The van der Waals surface area contributed by atoms with Crippen LogP contribution in [-0.2, 0) is 27.3 Å². The fraction of sp³-hybridized carbons (Fsp3) is 0.423. The number of hydrogen-bond donors (Lipinski definition) is 0. The molecule has 156 valence electrons. The summed E-state index contributed by atoms with van der Waals surface area (Å²) in [5.41, 5.74) is 8.56. The molecule has 0 saturated carbocycles. The Morgan fingerprint density at radius 3 is 2.03 bits per heavy atom. The number of benzene rings is 2. The summed E-state index contributed by atoms with van der Waals surface area (Å²) in [4.78, 5) is 0. The third kappa shape index (κ3) is 6.49. The van der Waals surface area contributed by atoms with Crippen LogP contribution in [0.2, 0.25) is 0 Å². The summed E-state index contributed by atoms with van der Waals surface area (Å²) >= 11 is -0.826. The maximum absolute atomic E-state index is 4.93. The summed E-state index contributed by atoms with van der Waals surface area (Å²) in [5.74, 6) is 1.10. The van der Waals surface area contributed by atoms with Gasteiger partial charge in [0.2, 0.25) is 0 Å². The molecule has 0 unspecified atom stereocenters. The van der Waals surface area contributed by atoms with Crippen molar-refractivity contribution in [1.82, 2.24) is 0 Å². The molecular formula is C26H33Cl2Zr-. The van der Waals surface area contributed by atoms with Crippen LogP contribution < -0.4 is 0 Å². The molecule has 0 aliphatic carbocycles. The topological polar surface area (TPSA) is 0 Å². The Bertz CT molecular complexity index is 896. The molecule has 0 fully saturated rings. The van der Waals surface area contributed by atoms with Crippen molar-refractivity contribution in [3.63, 3.8) is 0 Å². The van der Waals surface area contributed by atoms with Gasteiger partial charge in [-0.05, 0) is 41.9 Å². The second-order valence-corrected chi connectivity index (χ2v) is 12.2. The first-order valence-corrected chi connectivity index (χ1v) is 17.0. The summed E-state index contributed by atoms with van der Waals surface area (Å²) in [6, 6.07) is 16.6. The molecule has 3 aromatic rings. The Morgan fingerprint density at radius 2 is 1.52 bits per heavy atom. The van der Waals surface area contributed by atoms with E-state index in [9.17, 15) is 0 Å². The van der Waals surface area contributed by atoms with E-state index in [1.165, 1.54) is 63.4 Å². The van der Waals surface area contributed by atoms with E-state index in [0.717, 1.165) is 0 Å². The molecule has 0 atom stereocenters. The van der Waals surface area contributed by atoms with E-state index in [1.807, 2.05) is 0 Å². The van der Waals surface area contributed by atoms with Gasteiger partial charge in [-0.3, -0.25) is 0 Å². The fourth-order valence-corrected chi connectivity index (χ4v) is 3.85. The van der Waals surface area contributed by atoms with Crippen LogP contribution in [-0.4, -0.2) is 0 Å². The third-order valence-electron chi connectivity index (χ3n) is 5.58. The molecule has 0 radical (unpaired) electrons. The van der Waals surface area contributed by atoms with Crippen LogP contribution in [0, 0.1) is 6.92 Å². The molecule has 0 saturated heterocycles. The fourth-order valence-electron chi connectivity index (χ4n) is 3.85. The Hall–Kier alpha value is -0.487. The van der Waals surface area contributed by atoms with Crippen molar-refractivity contribution in [2.45, 2.75) is 72.6 Å². The van der Waals surface area contributed by atoms with Crippen LogP contribution >= 0.6 is 17.0 Å². The number of halogens is 2. The van der Waals surface area contributed by atoms with Crippen LogP contribution in [0.15, 0.2) is 42.5 Å². The second-order valence-electron chi connectivity index (χ2n) is 8.50. The predicted molar refractivity (Wildman–Crippen MR) is 128 cm³/mol. The predicted octanol–water partition coefficient (Wildman–Crippen LogP) is 9.50. The van der Waals surface area contributed by atoms with Crippen LogP contribution in [0.4, 0.5) is 0 Å². The monoisotopic (exact) mass is 505 g/mol. The molecule has 0 bridgehead atoms. The van der Waals surface area contributed by atoms with E-state index in [1.54, 1.807) is 0 Å². The quantitative estimate of drug-likeness (QED) is 0.291. The zero-order valence-corrected chi connectivity index (χ0v) is 22.5. The summed E-state index contributed by atoms with van der Waals surface area (Å²) < 4.78 is 0. The first-order chi connectivity index (χ1) is 13.8. The van der Waals surface area contributed by atoms with Crippen LogP contribution in [0.3, 0.4) is 0 Å². The molecule has 0 amide bonds. The first kappa shape index (κ1) is 24.8. The van der Waals surface area contributed by atoms with Crippen molar-refractivity contribution in [3.8, 4) is 11.1 Å². The van der Waals surface area contributed by atoms with Gasteiger partial charge in [-0.15, -0.1) is 34.5 Å². The first-order valence-electron chi connectivity index (χ1n) is 10.6. The van der Waals surface area contributed by atoms with E-state index < -0.39 is 20.8 Å². The minimum absolute atomic E-state index is 0.548. The average molecular weight is 508 g/mol. The molecule has 3 rings (SSSR count). The van der Waals surface area contributed by atoms with Crippen molar-refractivity contribution in [3.05, 3.63) is 64.7 Å². The van der Waals surface area contributed by atoms with Gasteiger partial charge in [0.15, 0.2) is 0 Å². The van der Waals surface area contributed by atoms with Gasteiger partial charge in [0.1, 0.15) is 0 Å². The van der Waals surface area contributed by atoms with Gasteiger partial charge < -0.3 is 0 Å². The van der Waals surface area contributed by atoms with Crippen molar-refractivity contribution in [2.75, 3.05) is 0 Å². The number of aryl methyl sites for hydroxylation is 2. The molecule has 0 spiro atoms. The Labute approximate surface area is 196 Å². The number of unbranched alkanes of at least 4 members (excludes halogenated alkanes) is 1. The minimum atomic E-state index is -0.826. The Kier molecular flexibility index (Phi) is 10.1. The molecule has 0 aliphatic heterocycles. The van der Waals surface area contributed by atoms with Crippen molar-refractivity contribution in [2.24, 2.45) is 0 Å². The van der Waals surface area contributed by atoms with Crippen molar-refractivity contribution < 1.29 is 20.8 Å². The summed E-state index contributed by atoms with van der Waals surface area (Å²) in [5, 5.41) is 2.81. The van der Waals surface area contributed by atoms with E-state index in [4.69, 9.17) is 17.0 Å². The van der Waals surface area contributed by atoms with Gasteiger partial charge in [-0.2, -0.15) is 6.07 Å². The molecule has 0 heterocycles. The van der Waals surface area contributed by atoms with Crippen molar-refractivity contribution >= 4 is 27.8 Å². The van der Waals surface area contributed by atoms with E-state index in [2.05, 4.69) is 84.0 Å². The molecular weight excluding hydrogens is 474 g/mol. The van der Waals surface area contributed by atoms with E-state index >= 15 is 0 Å². The molecule has 0 nitrogen and oxygen atoms in total. The van der Waals surface area contributed by atoms with Crippen molar-refractivity contribution in [1.29, 1.82) is 0 Å². The zero-order valence-electron chi connectivity index (χ0n) is 18.6. The number of hydrogen-bond acceptors (Lipinski definition) is 0. The van der Waals surface area contributed by atoms with Gasteiger partial charge in [0.05, 0.1) is 0 Å². The summed E-state index contributed by atoms with van der Waals surface area (Å²) in [6.07, 6.45) is 3.71. The van der Waals surface area contributed by atoms with Crippen LogP contribution in [0.25, 0.3) is 21.9 Å². The Morgan fingerprint density at radius 1 is 0.931 bits per heavy atom. The summed E-state index contributed by atoms with van der Waals surface area (Å²) in [7, 11) is 9.87. The van der Waals surface area contributed by atoms with Gasteiger partial charge in [0, 0.05) is 0 Å². The Balaban J connectivity index is 0.000000941. The van der Waals surface area contributed by atoms with Crippen LogP contribution in [0.5, 0.6) is 0 Å². The maximum atomic E-state index is 4.93. The molecule has 29 heavy (non-hydrogen) atoms. The molecule has 3 aromatic carbocycles. The SMILES string of the molecule is CCCCc1cc2c(-c3cc(C(C)C)cc(C(C)C)c3)c(C)ccc2[cH-]1.[Cl][Zr][Cl]. The van der Waals surface area contributed by atoms with Gasteiger partial charge in [-0.25, -0.2) is 0 Å². The normalized spacial score (nSPS) is 11.1. The second kappa shape index (κ2) is 11.8. The molecule has 0 N–H and O–H groups in total.